The molecule has 0 fully saturated rings. The van der Waals surface area contributed by atoms with Gasteiger partial charge in [0.1, 0.15) is 42.3 Å². The fourth-order valence-corrected chi connectivity index (χ4v) is 10.2. The van der Waals surface area contributed by atoms with Crippen LogP contribution in [0.15, 0.2) is 48.8 Å². The van der Waals surface area contributed by atoms with E-state index in [-0.39, 0.29) is 18.4 Å². The third-order valence-corrected chi connectivity index (χ3v) is 14.0. The molecule has 11 rings (SSSR count). The predicted molar refractivity (Wildman–Crippen MR) is 247 cm³/mol. The number of carbonyl (C=O) groups is 2. The Kier molecular flexibility index (Phi) is 12.5. The van der Waals surface area contributed by atoms with Crippen LogP contribution in [0.25, 0.3) is 5.69 Å². The van der Waals surface area contributed by atoms with Gasteiger partial charge in [0, 0.05) is 79.6 Å². The van der Waals surface area contributed by atoms with E-state index in [0.29, 0.717) is 73.6 Å². The lowest BCUT2D eigenvalue weighted by atomic mass is 9.79. The maximum Gasteiger partial charge on any atom is 0.491 e. The van der Waals surface area contributed by atoms with Gasteiger partial charge in [-0.25, -0.2) is 13.5 Å². The Bertz CT molecular complexity index is 2930. The third-order valence-electron chi connectivity index (χ3n) is 12.3. The van der Waals surface area contributed by atoms with Crippen molar-refractivity contribution in [1.29, 1.82) is 10.5 Å². The number of halogens is 4. The number of rotatable bonds is 4. The molecule has 0 bridgehead atoms. The van der Waals surface area contributed by atoms with Crippen LogP contribution in [0.4, 0.5) is 20.2 Å². The van der Waals surface area contributed by atoms with Crippen molar-refractivity contribution in [2.45, 2.75) is 77.7 Å². The zero-order valence-corrected chi connectivity index (χ0v) is 38.6. The summed E-state index contributed by atoms with van der Waals surface area (Å²) in [5.74, 6) is -1.27. The van der Waals surface area contributed by atoms with Crippen LogP contribution in [-0.2, 0) is 56.6 Å². The minimum atomic E-state index is -1.12. The van der Waals surface area contributed by atoms with E-state index < -0.39 is 25.4 Å². The van der Waals surface area contributed by atoms with Crippen LogP contribution in [0.3, 0.4) is 0 Å². The monoisotopic (exact) mass is 1090 g/mol. The number of aromatic nitrogens is 6. The molecule has 0 saturated heterocycles. The molecule has 5 aliphatic heterocycles. The largest absolute Gasteiger partial charge is 0.491 e. The molecule has 0 unspecified atom stereocenters. The Labute approximate surface area is 393 Å². The quantitative estimate of drug-likeness (QED) is 0.149. The third kappa shape index (κ3) is 8.03. The van der Waals surface area contributed by atoms with Crippen molar-refractivity contribution in [2.24, 2.45) is 0 Å². The van der Waals surface area contributed by atoms with Gasteiger partial charge >= 0.3 is 7.12 Å². The zero-order chi connectivity index (χ0) is 44.8. The van der Waals surface area contributed by atoms with Crippen LogP contribution in [0.2, 0.25) is 0 Å². The number of anilines is 2. The molecule has 4 aromatic heterocycles. The molecule has 64 heavy (non-hydrogen) atoms. The summed E-state index contributed by atoms with van der Waals surface area (Å²) in [4.78, 5) is 29.7. The van der Waals surface area contributed by atoms with Gasteiger partial charge in [-0.2, -0.15) is 20.7 Å². The molecule has 0 radical (unpaired) electrons. The van der Waals surface area contributed by atoms with E-state index in [0.717, 1.165) is 78.7 Å². The highest BCUT2D eigenvalue weighted by atomic mass is 127. The van der Waals surface area contributed by atoms with Crippen LogP contribution in [0.1, 0.15) is 91.4 Å². The highest BCUT2D eigenvalue weighted by Crippen LogP contribution is 2.36. The van der Waals surface area contributed by atoms with Crippen molar-refractivity contribution in [3.05, 3.63) is 124 Å². The summed E-state index contributed by atoms with van der Waals surface area (Å²) >= 11 is 3.95. The molecule has 326 valence electrons. The van der Waals surface area contributed by atoms with Crippen molar-refractivity contribution in [3.63, 3.8) is 0 Å². The van der Waals surface area contributed by atoms with Gasteiger partial charge in [0.25, 0.3) is 11.8 Å². The number of H-pyrrole nitrogens is 1. The fraction of sp³-hybridized carbons (Fsp3) is 0.318. The second-order valence-corrected chi connectivity index (χ2v) is 18.1. The van der Waals surface area contributed by atoms with Crippen molar-refractivity contribution < 1.29 is 33.2 Å². The number of nitrogens with zero attached hydrogens (tertiary/aromatic N) is 9. The number of hydrogen-bond donors (Lipinski definition) is 3. The average Bonchev–Trinajstić information content (AvgIpc) is 4.14. The number of nitrogens with one attached hydrogen (secondary N) is 1. The maximum absolute atomic E-state index is 14.7. The Morgan fingerprint density at radius 2 is 1.36 bits per heavy atom. The number of aliphatic hydroxyl groups excluding tert-OH is 1. The Hall–Kier alpha value is -5.40. The number of benzene rings is 2. The molecule has 20 heteroatoms. The average molecular weight is 1090 g/mol. The van der Waals surface area contributed by atoms with Crippen molar-refractivity contribution in [3.8, 4) is 17.8 Å². The zero-order valence-electron chi connectivity index (χ0n) is 34.3. The summed E-state index contributed by atoms with van der Waals surface area (Å²) in [6.45, 7) is 2.63. The van der Waals surface area contributed by atoms with E-state index in [9.17, 15) is 33.8 Å². The number of aromatic amines is 1. The molecule has 0 spiro atoms. The summed E-state index contributed by atoms with van der Waals surface area (Å²) in [7, 11) is -1.12. The first-order valence-corrected chi connectivity index (χ1v) is 23.0. The number of aliphatic hydroxyl groups is 1. The van der Waals surface area contributed by atoms with Crippen molar-refractivity contribution in [1.82, 2.24) is 29.1 Å². The highest BCUT2D eigenvalue weighted by Gasteiger charge is 2.37. The van der Waals surface area contributed by atoms with E-state index in [2.05, 4.69) is 24.4 Å². The van der Waals surface area contributed by atoms with Gasteiger partial charge in [0.15, 0.2) is 0 Å². The lowest BCUT2D eigenvalue weighted by Gasteiger charge is -2.30. The number of carbonyl (C=O) groups excluding carboxylic acids is 2. The minimum absolute atomic E-state index is 0.0858. The summed E-state index contributed by atoms with van der Waals surface area (Å²) in [6.07, 6.45) is 11.0. The highest BCUT2D eigenvalue weighted by molar-refractivity contribution is 14.1. The van der Waals surface area contributed by atoms with Crippen LogP contribution in [0.5, 0.6) is 0 Å². The molecule has 9 heterocycles. The van der Waals surface area contributed by atoms with Crippen LogP contribution in [-0.4, -0.2) is 71.3 Å². The first-order chi connectivity index (χ1) is 31.0. The second-order valence-electron chi connectivity index (χ2n) is 16.0. The number of aryl methyl sites for hydroxylation is 2. The number of fused-ring (bicyclic) bond motifs is 7. The molecule has 2 aromatic carbocycles. The van der Waals surface area contributed by atoms with Gasteiger partial charge in [-0.3, -0.25) is 14.7 Å². The lowest BCUT2D eigenvalue weighted by Crippen LogP contribution is -2.39. The molecule has 2 amide bonds. The summed E-state index contributed by atoms with van der Waals surface area (Å²) in [6, 6.07) is 13.2. The fourth-order valence-electron chi connectivity index (χ4n) is 9.34. The Balaban J connectivity index is 0.000000140. The maximum atomic E-state index is 14.7. The van der Waals surface area contributed by atoms with Crippen LogP contribution in [0, 0.1) is 41.7 Å². The summed E-state index contributed by atoms with van der Waals surface area (Å²) in [5.41, 5.74) is 9.62. The van der Waals surface area contributed by atoms with Crippen molar-refractivity contribution in [2.75, 3.05) is 22.9 Å². The molecule has 5 aliphatic rings. The second kappa shape index (κ2) is 18.2. The first kappa shape index (κ1) is 43.8. The molecule has 0 aliphatic carbocycles. The first-order valence-electron chi connectivity index (χ1n) is 20.9. The topological polar surface area (TPSA) is 194 Å². The molecule has 0 saturated carbocycles. The molecular weight excluding hydrogens is 1050 g/mol. The van der Waals surface area contributed by atoms with E-state index in [1.165, 1.54) is 52.7 Å². The molecule has 3 N–H and O–H groups in total. The molecule has 6 aromatic rings. The van der Waals surface area contributed by atoms with E-state index in [4.69, 9.17) is 9.92 Å². The van der Waals surface area contributed by atoms with Gasteiger partial charge < -0.3 is 33.7 Å². The van der Waals surface area contributed by atoms with Gasteiger partial charge in [0.2, 0.25) is 0 Å². The Morgan fingerprint density at radius 1 is 0.781 bits per heavy atom. The van der Waals surface area contributed by atoms with E-state index >= 15 is 0 Å². The molecule has 15 nitrogen and oxygen atoms in total. The number of hydrogen-bond acceptors (Lipinski definition) is 9. The van der Waals surface area contributed by atoms with Crippen molar-refractivity contribution >= 4 is 81.0 Å². The number of amides is 2. The normalized spacial score (nSPS) is 16.0. The predicted octanol–water partition coefficient (Wildman–Crippen LogP) is 5.59. The molecule has 0 atom stereocenters. The van der Waals surface area contributed by atoms with Crippen LogP contribution >= 0.6 is 45.2 Å². The summed E-state index contributed by atoms with van der Waals surface area (Å²) in [5, 5.41) is 48.1. The van der Waals surface area contributed by atoms with Gasteiger partial charge in [0.05, 0.1) is 47.6 Å². The van der Waals surface area contributed by atoms with Gasteiger partial charge in [-0.1, -0.05) is 0 Å². The van der Waals surface area contributed by atoms with Gasteiger partial charge in [-0.15, -0.1) is 0 Å². The Morgan fingerprint density at radius 3 is 1.91 bits per heavy atom. The minimum Gasteiger partial charge on any atom is -0.423 e. The van der Waals surface area contributed by atoms with E-state index in [1.807, 2.05) is 69.5 Å². The van der Waals surface area contributed by atoms with E-state index in [1.54, 1.807) is 9.80 Å². The molecular formula is C44H39BF2I2N10O5. The number of nitriles is 2. The summed E-state index contributed by atoms with van der Waals surface area (Å²) < 4.78 is 41.1. The smallest absolute Gasteiger partial charge is 0.423 e. The lowest BCUT2D eigenvalue weighted by molar-refractivity contribution is 0.0971. The van der Waals surface area contributed by atoms with Crippen LogP contribution < -0.4 is 15.3 Å². The SMILES string of the molecule is N#Cc1cn(-c2cc(F)cc(N3CCc4c(cc5n4CCCC5)C3=O)c2CO)nc1I.N#Cc1cn[nH]c1I.O=C1c2cc3n(c2CCN1c1cc(F)cc2c1COB2O)CCCC3. The standard InChI is InChI=1S/C22H19FIN5O2.C18H18BFN2O3.C4H2IN3/c23-14-7-19(17(12-30)20(8-14)29-11-13(10-25)21(24)26-29)28-6-4-18-16(22(28)31)9-15-3-1-2-5-27(15)18;20-11-7-15-14(10-25-19(15)24)17(8-11)22-6-4-16-13(18(22)23)9-12-3-1-2-5-21(12)16;5-4-3(1-6)2-7-8-4/h7-9,11,30H,1-6,12H2;7-9,24H,1-6,10H2;2H,(H,7,8). The van der Waals surface area contributed by atoms with Gasteiger partial charge in [-0.05, 0) is 125 Å².